The molecule has 6 N–H and O–H groups in total. The molecule has 7 unspecified atom stereocenters. The third kappa shape index (κ3) is 43.3. The molecule has 0 aliphatic carbocycles. The zero-order chi connectivity index (χ0) is 55.2. The van der Waals surface area contributed by atoms with E-state index >= 15 is 0 Å². The van der Waals surface area contributed by atoms with E-state index in [1.165, 1.54) is 167 Å². The van der Waals surface area contributed by atoms with Crippen LogP contribution in [0.15, 0.2) is 60.8 Å². The first-order valence-corrected chi connectivity index (χ1v) is 31.5. The van der Waals surface area contributed by atoms with E-state index in [2.05, 4.69) is 54.8 Å². The van der Waals surface area contributed by atoms with Crippen LogP contribution >= 0.6 is 0 Å². The average molecular weight is 1070 g/mol. The maximum atomic E-state index is 13.0. The van der Waals surface area contributed by atoms with Gasteiger partial charge in [0, 0.05) is 12.8 Å². The van der Waals surface area contributed by atoms with Gasteiger partial charge in [-0.2, -0.15) is 0 Å². The highest BCUT2D eigenvalue weighted by atomic mass is 16.7. The Labute approximate surface area is 465 Å². The second-order valence-corrected chi connectivity index (χ2v) is 21.7. The number of esters is 1. The Hall–Kier alpha value is -2.64. The van der Waals surface area contributed by atoms with Crippen LogP contribution in [-0.2, 0) is 23.8 Å². The molecule has 442 valence electrons. The van der Waals surface area contributed by atoms with Crippen LogP contribution in [0.1, 0.15) is 277 Å². The molecule has 7 atom stereocenters. The van der Waals surface area contributed by atoms with E-state index in [1.807, 2.05) is 19.1 Å². The molecule has 0 radical (unpaired) electrons. The van der Waals surface area contributed by atoms with Crippen LogP contribution in [0.3, 0.4) is 0 Å². The fourth-order valence-electron chi connectivity index (χ4n) is 9.64. The van der Waals surface area contributed by atoms with E-state index in [0.29, 0.717) is 25.9 Å². The Morgan fingerprint density at radius 1 is 0.500 bits per heavy atom. The predicted molar refractivity (Wildman–Crippen MR) is 315 cm³/mol. The number of hydrogen-bond donors (Lipinski definition) is 6. The Balaban J connectivity index is 1.98. The fourth-order valence-corrected chi connectivity index (χ4v) is 9.64. The highest BCUT2D eigenvalue weighted by Gasteiger charge is 2.44. The van der Waals surface area contributed by atoms with Gasteiger partial charge >= 0.3 is 5.97 Å². The quantitative estimate of drug-likeness (QED) is 0.0195. The predicted octanol–water partition coefficient (Wildman–Crippen LogP) is 15.0. The molecule has 1 saturated heterocycles. The number of ether oxygens (including phenoxy) is 3. The number of allylic oxidation sites excluding steroid dienone is 9. The van der Waals surface area contributed by atoms with Crippen LogP contribution < -0.4 is 5.32 Å². The minimum Gasteiger partial charge on any atom is -0.466 e. The molecule has 1 fully saturated rings. The van der Waals surface area contributed by atoms with E-state index in [0.717, 1.165) is 77.0 Å². The first kappa shape index (κ1) is 71.4. The van der Waals surface area contributed by atoms with Gasteiger partial charge in [-0.3, -0.25) is 9.59 Å². The summed E-state index contributed by atoms with van der Waals surface area (Å²) in [6.45, 7) is 4.07. The van der Waals surface area contributed by atoms with Crippen LogP contribution in [0.2, 0.25) is 0 Å². The number of amides is 1. The number of carbonyl (C=O) groups excluding carboxylic acids is 2. The number of hydrogen-bond acceptors (Lipinski definition) is 10. The van der Waals surface area contributed by atoms with E-state index in [4.69, 9.17) is 14.2 Å². The molecule has 0 aromatic carbocycles. The SMILES string of the molecule is C/C=C/CC/C=C/CC/C=C/C(O)C(COC1OC(CO)C(O)C(O)C1O)NC(=O)CCCCCCCCC/C=C\CCCCCCCCCCCCCOC(=O)CCCCCCCCC/C=C\CCCCCCCC. The number of aliphatic hydroxyl groups excluding tert-OH is 5. The van der Waals surface area contributed by atoms with Gasteiger partial charge in [-0.15, -0.1) is 0 Å². The van der Waals surface area contributed by atoms with Gasteiger partial charge in [0.2, 0.25) is 5.91 Å². The summed E-state index contributed by atoms with van der Waals surface area (Å²) in [4.78, 5) is 25.1. The Kier molecular flexibility index (Phi) is 51.0. The summed E-state index contributed by atoms with van der Waals surface area (Å²) in [6.07, 6.45) is 60.8. The van der Waals surface area contributed by atoms with Gasteiger partial charge in [-0.05, 0) is 103 Å². The topological polar surface area (TPSA) is 175 Å². The van der Waals surface area contributed by atoms with Gasteiger partial charge in [-0.1, -0.05) is 222 Å². The van der Waals surface area contributed by atoms with E-state index in [9.17, 15) is 35.1 Å². The summed E-state index contributed by atoms with van der Waals surface area (Å²) in [5.74, 6) is -0.215. The van der Waals surface area contributed by atoms with Crippen molar-refractivity contribution in [2.45, 2.75) is 320 Å². The Morgan fingerprint density at radius 2 is 0.908 bits per heavy atom. The molecule has 0 bridgehead atoms. The molecule has 0 aromatic rings. The van der Waals surface area contributed by atoms with Crippen molar-refractivity contribution < 1.29 is 49.3 Å². The molecule has 1 aliphatic rings. The Bertz CT molecular complexity index is 1450. The van der Waals surface area contributed by atoms with E-state index < -0.39 is 49.5 Å². The molecular formula is C65H117NO10. The summed E-state index contributed by atoms with van der Waals surface area (Å²) in [5, 5.41) is 54.1. The minimum absolute atomic E-state index is 0.00731. The average Bonchev–Trinajstić information content (AvgIpc) is 3.42. The minimum atomic E-state index is -1.58. The molecule has 1 rings (SSSR count). The molecule has 0 saturated carbocycles. The van der Waals surface area contributed by atoms with Crippen molar-refractivity contribution in [2.24, 2.45) is 0 Å². The molecule has 1 aliphatic heterocycles. The molecule has 76 heavy (non-hydrogen) atoms. The number of carbonyl (C=O) groups is 2. The van der Waals surface area contributed by atoms with Crippen molar-refractivity contribution >= 4 is 11.9 Å². The first-order chi connectivity index (χ1) is 37.2. The highest BCUT2D eigenvalue weighted by molar-refractivity contribution is 5.76. The fraction of sp³-hybridized carbons (Fsp3) is 0.815. The smallest absolute Gasteiger partial charge is 0.305 e. The van der Waals surface area contributed by atoms with E-state index in [1.54, 1.807) is 6.08 Å². The largest absolute Gasteiger partial charge is 0.466 e. The third-order valence-electron chi connectivity index (χ3n) is 14.6. The molecule has 11 heteroatoms. The molecule has 1 heterocycles. The molecule has 0 aromatic heterocycles. The number of rotatable bonds is 54. The summed E-state index contributed by atoms with van der Waals surface area (Å²) in [7, 11) is 0. The van der Waals surface area contributed by atoms with Crippen molar-refractivity contribution in [3.63, 3.8) is 0 Å². The summed E-state index contributed by atoms with van der Waals surface area (Å²) < 4.78 is 16.7. The van der Waals surface area contributed by atoms with Crippen molar-refractivity contribution in [3.05, 3.63) is 60.8 Å². The lowest BCUT2D eigenvalue weighted by Gasteiger charge is -2.40. The Morgan fingerprint density at radius 3 is 1.38 bits per heavy atom. The number of unbranched alkanes of at least 4 members (excludes halogenated alkanes) is 33. The van der Waals surface area contributed by atoms with Gasteiger partial charge < -0.3 is 45.1 Å². The standard InChI is InChI=1S/C65H117NO10/c1-3-5-7-9-11-13-14-15-16-23-27-30-33-37-41-45-49-53-61(70)74-54-50-46-42-38-34-31-28-25-22-20-18-17-19-21-24-26-29-32-36-40-44-48-52-60(69)66-57(58(68)51-47-43-39-35-12-10-8-6-4-2)56-75-65-64(73)63(72)62(71)59(55-67)76-65/h4,6,12,15-16,19,21,35,47,51,57-59,62-65,67-68,71-73H,3,5,7-11,13-14,17-18,20,22-34,36-46,48-50,52-56H2,1-2H3,(H,66,69)/b6-4+,16-15-,21-19-,35-12+,51-47+. The van der Waals surface area contributed by atoms with Crippen molar-refractivity contribution in [3.8, 4) is 0 Å². The lowest BCUT2D eigenvalue weighted by molar-refractivity contribution is -0.302. The van der Waals surface area contributed by atoms with Crippen molar-refractivity contribution in [2.75, 3.05) is 19.8 Å². The highest BCUT2D eigenvalue weighted by Crippen LogP contribution is 2.23. The van der Waals surface area contributed by atoms with Gasteiger partial charge in [0.1, 0.15) is 24.4 Å². The van der Waals surface area contributed by atoms with Gasteiger partial charge in [0.05, 0.1) is 32.0 Å². The van der Waals surface area contributed by atoms with Crippen LogP contribution in [0, 0.1) is 0 Å². The normalized spacial score (nSPS) is 19.1. The second-order valence-electron chi connectivity index (χ2n) is 21.7. The molecule has 0 spiro atoms. The lowest BCUT2D eigenvalue weighted by Crippen LogP contribution is -2.60. The van der Waals surface area contributed by atoms with Crippen LogP contribution in [-0.4, -0.2) is 100 Å². The zero-order valence-electron chi connectivity index (χ0n) is 48.7. The van der Waals surface area contributed by atoms with E-state index in [-0.39, 0.29) is 18.5 Å². The molecule has 1 amide bonds. The van der Waals surface area contributed by atoms with Gasteiger partial charge in [-0.25, -0.2) is 0 Å². The number of nitrogens with one attached hydrogen (secondary N) is 1. The second kappa shape index (κ2) is 54.3. The van der Waals surface area contributed by atoms with Crippen molar-refractivity contribution in [1.82, 2.24) is 5.32 Å². The first-order valence-electron chi connectivity index (χ1n) is 31.5. The summed E-state index contributed by atoms with van der Waals surface area (Å²) in [5.41, 5.74) is 0. The van der Waals surface area contributed by atoms with Crippen LogP contribution in [0.5, 0.6) is 0 Å². The molecular weight excluding hydrogens is 955 g/mol. The lowest BCUT2D eigenvalue weighted by atomic mass is 9.99. The van der Waals surface area contributed by atoms with Gasteiger partial charge in [0.15, 0.2) is 6.29 Å². The van der Waals surface area contributed by atoms with Crippen LogP contribution in [0.4, 0.5) is 0 Å². The van der Waals surface area contributed by atoms with Crippen molar-refractivity contribution in [1.29, 1.82) is 0 Å². The maximum Gasteiger partial charge on any atom is 0.305 e. The third-order valence-corrected chi connectivity index (χ3v) is 14.6. The van der Waals surface area contributed by atoms with Crippen LogP contribution in [0.25, 0.3) is 0 Å². The number of aliphatic hydroxyl groups is 5. The summed E-state index contributed by atoms with van der Waals surface area (Å²) in [6, 6.07) is -0.839. The monoisotopic (exact) mass is 1070 g/mol. The van der Waals surface area contributed by atoms with Gasteiger partial charge in [0.25, 0.3) is 0 Å². The maximum absolute atomic E-state index is 13.0. The zero-order valence-corrected chi connectivity index (χ0v) is 48.7. The summed E-state index contributed by atoms with van der Waals surface area (Å²) >= 11 is 0. The molecule has 11 nitrogen and oxygen atoms in total.